The number of rotatable bonds is 5. The second-order valence-corrected chi connectivity index (χ2v) is 7.28. The molecule has 1 aromatic carbocycles. The number of hydrogen-bond donors (Lipinski definition) is 1. The van der Waals surface area contributed by atoms with Gasteiger partial charge in [0.15, 0.2) is 11.5 Å². The molecule has 3 aromatic rings. The molecule has 0 spiro atoms. The van der Waals surface area contributed by atoms with Gasteiger partial charge < -0.3 is 23.8 Å². The van der Waals surface area contributed by atoms with Gasteiger partial charge in [-0.25, -0.2) is 0 Å². The van der Waals surface area contributed by atoms with Gasteiger partial charge in [-0.1, -0.05) is 0 Å². The van der Waals surface area contributed by atoms with Crippen molar-refractivity contribution in [3.05, 3.63) is 42.1 Å². The number of ether oxygens (including phenoxy) is 4. The quantitative estimate of drug-likeness (QED) is 0.665. The van der Waals surface area contributed by atoms with Gasteiger partial charge in [-0.15, -0.1) is 10.2 Å². The molecule has 4 heterocycles. The van der Waals surface area contributed by atoms with Crippen LogP contribution in [-0.2, 0) is 0 Å². The van der Waals surface area contributed by atoms with Crippen molar-refractivity contribution in [3.63, 3.8) is 0 Å². The van der Waals surface area contributed by atoms with Crippen LogP contribution in [0.15, 0.2) is 36.4 Å². The monoisotopic (exact) mass is 423 g/mol. The molecule has 10 nitrogen and oxygen atoms in total. The third-order valence-corrected chi connectivity index (χ3v) is 5.25. The summed E-state index contributed by atoms with van der Waals surface area (Å²) in [6.45, 7) is 1.33. The number of fused-ring (bicyclic) bond motifs is 1. The van der Waals surface area contributed by atoms with Gasteiger partial charge in [0.1, 0.15) is 11.8 Å². The predicted octanol–water partition coefficient (Wildman–Crippen LogP) is 2.29. The van der Waals surface area contributed by atoms with Gasteiger partial charge in [-0.05, 0) is 37.1 Å². The van der Waals surface area contributed by atoms with E-state index < -0.39 is 0 Å². The summed E-state index contributed by atoms with van der Waals surface area (Å²) in [5.41, 5.74) is 1.94. The summed E-state index contributed by atoms with van der Waals surface area (Å²) < 4.78 is 21.7. The molecule has 0 bridgehead atoms. The summed E-state index contributed by atoms with van der Waals surface area (Å²) in [5, 5.41) is 15.1. The number of piperidine rings is 1. The fourth-order valence-electron chi connectivity index (χ4n) is 3.67. The van der Waals surface area contributed by atoms with Gasteiger partial charge in [0.2, 0.25) is 18.6 Å². The number of methoxy groups -OCH3 is 1. The van der Waals surface area contributed by atoms with Crippen molar-refractivity contribution < 1.29 is 23.7 Å². The zero-order valence-electron chi connectivity index (χ0n) is 16.9. The first kappa shape index (κ1) is 19.2. The lowest BCUT2D eigenvalue weighted by molar-refractivity contribution is 0.0520. The summed E-state index contributed by atoms with van der Waals surface area (Å²) >= 11 is 0. The van der Waals surface area contributed by atoms with Crippen molar-refractivity contribution in [2.45, 2.75) is 18.9 Å². The third kappa shape index (κ3) is 3.96. The number of likely N-dealkylation sites (tertiary alicyclic amines) is 1. The number of amides is 1. The molecule has 10 heteroatoms. The molecule has 1 amide bonds. The molecule has 0 aliphatic carbocycles. The standard InChI is InChI=1S/C21H21N5O5/c1-28-19-6-7-20(25-24-19)31-14-3-2-8-26(11-14)21(27)16-10-15(22-23-16)13-4-5-17-18(9-13)30-12-29-17/h4-7,9-10,14H,2-3,8,11-12H2,1H3,(H,22,23). The highest BCUT2D eigenvalue weighted by Crippen LogP contribution is 2.35. The van der Waals surface area contributed by atoms with Crippen LogP contribution < -0.4 is 18.9 Å². The molecule has 5 rings (SSSR count). The molecule has 1 N–H and O–H groups in total. The topological polar surface area (TPSA) is 112 Å². The molecule has 2 aliphatic heterocycles. The largest absolute Gasteiger partial charge is 0.480 e. The number of aromatic amines is 1. The minimum Gasteiger partial charge on any atom is -0.480 e. The van der Waals surface area contributed by atoms with Crippen molar-refractivity contribution in [1.82, 2.24) is 25.3 Å². The van der Waals surface area contributed by atoms with E-state index in [2.05, 4.69) is 20.4 Å². The van der Waals surface area contributed by atoms with Crippen LogP contribution in [0.5, 0.6) is 23.3 Å². The SMILES string of the molecule is COc1ccc(OC2CCCN(C(=O)c3cc(-c4ccc5c(c4)OCO5)n[nH]3)C2)nn1. The number of aromatic nitrogens is 4. The van der Waals surface area contributed by atoms with E-state index >= 15 is 0 Å². The van der Waals surface area contributed by atoms with E-state index in [1.807, 2.05) is 18.2 Å². The number of carbonyl (C=O) groups excluding carboxylic acids is 1. The molecule has 160 valence electrons. The number of carbonyl (C=O) groups is 1. The Morgan fingerprint density at radius 3 is 2.81 bits per heavy atom. The Morgan fingerprint density at radius 1 is 1.13 bits per heavy atom. The molecule has 2 aromatic heterocycles. The smallest absolute Gasteiger partial charge is 0.272 e. The average molecular weight is 423 g/mol. The van der Waals surface area contributed by atoms with Gasteiger partial charge in [0, 0.05) is 24.2 Å². The van der Waals surface area contributed by atoms with Crippen LogP contribution in [0.1, 0.15) is 23.3 Å². The Bertz CT molecular complexity index is 1080. The number of nitrogens with one attached hydrogen (secondary N) is 1. The van der Waals surface area contributed by atoms with Crippen molar-refractivity contribution in [1.29, 1.82) is 0 Å². The summed E-state index contributed by atoms with van der Waals surface area (Å²) in [4.78, 5) is 14.8. The summed E-state index contributed by atoms with van der Waals surface area (Å²) in [6.07, 6.45) is 1.52. The van der Waals surface area contributed by atoms with Crippen molar-refractivity contribution in [2.75, 3.05) is 27.0 Å². The van der Waals surface area contributed by atoms with E-state index in [4.69, 9.17) is 18.9 Å². The molecule has 1 atom stereocenters. The number of H-pyrrole nitrogens is 1. The Kier molecular flexibility index (Phi) is 5.03. The highest BCUT2D eigenvalue weighted by molar-refractivity contribution is 5.93. The first-order valence-corrected chi connectivity index (χ1v) is 9.98. The van der Waals surface area contributed by atoms with Gasteiger partial charge in [0.05, 0.1) is 19.3 Å². The molecule has 31 heavy (non-hydrogen) atoms. The lowest BCUT2D eigenvalue weighted by atomic mass is 10.1. The maximum absolute atomic E-state index is 13.0. The van der Waals surface area contributed by atoms with Gasteiger partial charge in [-0.2, -0.15) is 5.10 Å². The van der Waals surface area contributed by atoms with E-state index in [0.717, 1.165) is 18.4 Å². The van der Waals surface area contributed by atoms with Crippen LogP contribution in [0.25, 0.3) is 11.3 Å². The lowest BCUT2D eigenvalue weighted by Gasteiger charge is -2.32. The Labute approximate surface area is 178 Å². The van der Waals surface area contributed by atoms with Crippen LogP contribution in [0.3, 0.4) is 0 Å². The van der Waals surface area contributed by atoms with Crippen LogP contribution in [-0.4, -0.2) is 64.3 Å². The zero-order chi connectivity index (χ0) is 21.2. The fourth-order valence-corrected chi connectivity index (χ4v) is 3.67. The third-order valence-electron chi connectivity index (χ3n) is 5.25. The first-order valence-electron chi connectivity index (χ1n) is 9.98. The number of nitrogens with zero attached hydrogens (tertiary/aromatic N) is 4. The van der Waals surface area contributed by atoms with Crippen LogP contribution in [0.2, 0.25) is 0 Å². The fraction of sp³-hybridized carbons (Fsp3) is 0.333. The lowest BCUT2D eigenvalue weighted by Crippen LogP contribution is -2.44. The molecule has 1 saturated heterocycles. The van der Waals surface area contributed by atoms with Crippen molar-refractivity contribution in [2.24, 2.45) is 0 Å². The molecular weight excluding hydrogens is 402 g/mol. The number of benzene rings is 1. The second kappa shape index (κ2) is 8.13. The Morgan fingerprint density at radius 2 is 1.97 bits per heavy atom. The molecule has 1 fully saturated rings. The Balaban J connectivity index is 1.25. The van der Waals surface area contributed by atoms with Crippen molar-refractivity contribution in [3.8, 4) is 34.5 Å². The first-order chi connectivity index (χ1) is 15.2. The summed E-state index contributed by atoms with van der Waals surface area (Å²) in [6, 6.07) is 10.7. The highest BCUT2D eigenvalue weighted by atomic mass is 16.7. The molecule has 0 saturated carbocycles. The minimum atomic E-state index is -0.156. The minimum absolute atomic E-state index is 0.117. The summed E-state index contributed by atoms with van der Waals surface area (Å²) in [7, 11) is 1.53. The predicted molar refractivity (Wildman–Crippen MR) is 108 cm³/mol. The molecular formula is C21H21N5O5. The van der Waals surface area contributed by atoms with Gasteiger partial charge in [-0.3, -0.25) is 9.89 Å². The second-order valence-electron chi connectivity index (χ2n) is 7.28. The maximum atomic E-state index is 13.0. The molecule has 1 unspecified atom stereocenters. The summed E-state index contributed by atoms with van der Waals surface area (Å²) in [5.74, 6) is 2.09. The molecule has 2 aliphatic rings. The van der Waals surface area contributed by atoms with E-state index in [1.165, 1.54) is 7.11 Å². The number of hydrogen-bond acceptors (Lipinski definition) is 8. The average Bonchev–Trinajstić information content (AvgIpc) is 3.48. The maximum Gasteiger partial charge on any atom is 0.272 e. The van der Waals surface area contributed by atoms with Crippen LogP contribution >= 0.6 is 0 Å². The van der Waals surface area contributed by atoms with E-state index in [0.29, 0.717) is 47.7 Å². The van der Waals surface area contributed by atoms with Gasteiger partial charge >= 0.3 is 0 Å². The van der Waals surface area contributed by atoms with Gasteiger partial charge in [0.25, 0.3) is 5.91 Å². The Hall–Kier alpha value is -3.82. The zero-order valence-corrected chi connectivity index (χ0v) is 16.9. The van der Waals surface area contributed by atoms with Crippen molar-refractivity contribution >= 4 is 5.91 Å². The molecule has 0 radical (unpaired) electrons. The van der Waals surface area contributed by atoms with Crippen LogP contribution in [0, 0.1) is 0 Å². The van der Waals surface area contributed by atoms with E-state index in [-0.39, 0.29) is 18.8 Å². The highest BCUT2D eigenvalue weighted by Gasteiger charge is 2.27. The van der Waals surface area contributed by atoms with E-state index in [1.54, 1.807) is 23.1 Å². The normalized spacial score (nSPS) is 17.5. The van der Waals surface area contributed by atoms with E-state index in [9.17, 15) is 4.79 Å². The van der Waals surface area contributed by atoms with Crippen LogP contribution in [0.4, 0.5) is 0 Å².